The van der Waals surface area contributed by atoms with Crippen molar-refractivity contribution in [2.45, 2.75) is 6.18 Å². The van der Waals surface area contributed by atoms with Gasteiger partial charge in [0.15, 0.2) is 5.13 Å². The van der Waals surface area contributed by atoms with Gasteiger partial charge in [0, 0.05) is 10.2 Å². The zero-order valence-electron chi connectivity index (χ0n) is 10.4. The Morgan fingerprint density at radius 3 is 2.43 bits per heavy atom. The molecule has 0 aliphatic heterocycles. The number of halogens is 4. The van der Waals surface area contributed by atoms with Crippen LogP contribution in [0.2, 0.25) is 0 Å². The molecule has 0 saturated heterocycles. The lowest BCUT2D eigenvalue weighted by atomic mass is 10.2. The summed E-state index contributed by atoms with van der Waals surface area (Å²) in [6.07, 6.45) is -4.35. The maximum absolute atomic E-state index is 12.7. The average molecular weight is 373 g/mol. The molecule has 0 aliphatic carbocycles. The molecular weight excluding hydrogens is 365 g/mol. The first-order valence-corrected chi connectivity index (χ1v) is 7.53. The number of alkyl halides is 3. The van der Waals surface area contributed by atoms with Crippen molar-refractivity contribution in [2.75, 3.05) is 5.32 Å². The first-order chi connectivity index (χ1) is 9.91. The van der Waals surface area contributed by atoms with Crippen molar-refractivity contribution in [3.63, 3.8) is 0 Å². The minimum Gasteiger partial charge on any atom is -0.332 e. The molecule has 21 heavy (non-hydrogen) atoms. The Bertz CT molecular complexity index is 781. The second-order valence-electron chi connectivity index (χ2n) is 4.33. The monoisotopic (exact) mass is 372 g/mol. The van der Waals surface area contributed by atoms with E-state index in [1.54, 1.807) is 0 Å². The number of rotatable bonds is 2. The molecule has 3 rings (SSSR count). The third-order valence-corrected chi connectivity index (χ3v) is 4.29. The van der Waals surface area contributed by atoms with Crippen molar-refractivity contribution < 1.29 is 13.2 Å². The molecule has 108 valence electrons. The molecule has 2 nitrogen and oxygen atoms in total. The van der Waals surface area contributed by atoms with E-state index in [2.05, 4.69) is 26.2 Å². The van der Waals surface area contributed by atoms with E-state index in [4.69, 9.17) is 0 Å². The molecule has 0 saturated carbocycles. The number of nitrogens with one attached hydrogen (secondary N) is 1. The van der Waals surface area contributed by atoms with Gasteiger partial charge in [0.05, 0.1) is 15.8 Å². The molecule has 1 N–H and O–H groups in total. The summed E-state index contributed by atoms with van der Waals surface area (Å²) in [5.41, 5.74) is 0.484. The van der Waals surface area contributed by atoms with E-state index in [-0.39, 0.29) is 0 Å². The first kappa shape index (κ1) is 14.3. The zero-order chi connectivity index (χ0) is 15.0. The van der Waals surface area contributed by atoms with Crippen molar-refractivity contribution in [1.29, 1.82) is 0 Å². The van der Waals surface area contributed by atoms with Crippen molar-refractivity contribution in [3.05, 3.63) is 52.5 Å². The lowest BCUT2D eigenvalue weighted by molar-refractivity contribution is -0.137. The Morgan fingerprint density at radius 1 is 1.05 bits per heavy atom. The fraction of sp³-hybridized carbons (Fsp3) is 0.0714. The molecule has 0 bridgehead atoms. The van der Waals surface area contributed by atoms with Crippen molar-refractivity contribution >= 4 is 48.3 Å². The maximum atomic E-state index is 12.7. The third-order valence-electron chi connectivity index (χ3n) is 2.81. The van der Waals surface area contributed by atoms with Crippen LogP contribution in [0.25, 0.3) is 10.2 Å². The minimum absolute atomic E-state index is 0.342. The average Bonchev–Trinajstić information content (AvgIpc) is 2.81. The Hall–Kier alpha value is -1.60. The van der Waals surface area contributed by atoms with Crippen LogP contribution in [-0.4, -0.2) is 4.98 Å². The summed E-state index contributed by atoms with van der Waals surface area (Å²) in [6, 6.07) is 11.1. The fourth-order valence-electron chi connectivity index (χ4n) is 1.81. The Balaban J connectivity index is 1.92. The summed E-state index contributed by atoms with van der Waals surface area (Å²) in [5.74, 6) is 0. The van der Waals surface area contributed by atoms with Crippen LogP contribution >= 0.6 is 27.3 Å². The quantitative estimate of drug-likeness (QED) is 0.612. The van der Waals surface area contributed by atoms with Crippen LogP contribution in [0.1, 0.15) is 5.56 Å². The SMILES string of the molecule is FC(F)(F)c1ccc2sc(Nc3ccc(Br)cc3)nc2c1. The first-order valence-electron chi connectivity index (χ1n) is 5.92. The lowest BCUT2D eigenvalue weighted by Crippen LogP contribution is -2.03. The second-order valence-corrected chi connectivity index (χ2v) is 6.28. The van der Waals surface area contributed by atoms with E-state index in [9.17, 15) is 13.2 Å². The molecule has 0 atom stereocenters. The number of benzene rings is 2. The molecule has 7 heteroatoms. The minimum atomic E-state index is -4.35. The van der Waals surface area contributed by atoms with E-state index >= 15 is 0 Å². The summed E-state index contributed by atoms with van der Waals surface area (Å²) in [4.78, 5) is 4.20. The predicted octanol–water partition coefficient (Wildman–Crippen LogP) is 5.82. The van der Waals surface area contributed by atoms with Gasteiger partial charge in [-0.2, -0.15) is 13.2 Å². The van der Waals surface area contributed by atoms with E-state index in [0.29, 0.717) is 15.3 Å². The van der Waals surface area contributed by atoms with Gasteiger partial charge in [-0.3, -0.25) is 0 Å². The van der Waals surface area contributed by atoms with Gasteiger partial charge in [0.2, 0.25) is 0 Å². The molecule has 1 heterocycles. The van der Waals surface area contributed by atoms with Crippen molar-refractivity contribution in [3.8, 4) is 0 Å². The fourth-order valence-corrected chi connectivity index (χ4v) is 2.94. The highest BCUT2D eigenvalue weighted by molar-refractivity contribution is 9.10. The number of nitrogens with zero attached hydrogens (tertiary/aromatic N) is 1. The Kier molecular flexibility index (Phi) is 3.62. The molecule has 0 fully saturated rings. The van der Waals surface area contributed by atoms with Gasteiger partial charge in [0.25, 0.3) is 0 Å². The van der Waals surface area contributed by atoms with Gasteiger partial charge >= 0.3 is 6.18 Å². The zero-order valence-corrected chi connectivity index (χ0v) is 12.8. The van der Waals surface area contributed by atoms with E-state index in [0.717, 1.165) is 22.3 Å². The van der Waals surface area contributed by atoms with Gasteiger partial charge in [-0.05, 0) is 42.5 Å². The number of aromatic nitrogens is 1. The van der Waals surface area contributed by atoms with Crippen LogP contribution in [-0.2, 0) is 6.18 Å². The molecule has 2 aromatic carbocycles. The lowest BCUT2D eigenvalue weighted by Gasteiger charge is -2.04. The normalized spacial score (nSPS) is 11.8. The van der Waals surface area contributed by atoms with Crippen LogP contribution in [0, 0.1) is 0 Å². The molecule has 0 unspecified atom stereocenters. The van der Waals surface area contributed by atoms with Crippen molar-refractivity contribution in [1.82, 2.24) is 4.98 Å². The number of fused-ring (bicyclic) bond motifs is 1. The molecule has 0 spiro atoms. The highest BCUT2D eigenvalue weighted by atomic mass is 79.9. The number of thiazole rings is 1. The summed E-state index contributed by atoms with van der Waals surface area (Å²) in [6.45, 7) is 0. The summed E-state index contributed by atoms with van der Waals surface area (Å²) < 4.78 is 39.7. The second kappa shape index (κ2) is 5.31. The highest BCUT2D eigenvalue weighted by Gasteiger charge is 2.30. The predicted molar refractivity (Wildman–Crippen MR) is 82.0 cm³/mol. The summed E-state index contributed by atoms with van der Waals surface area (Å²) in [7, 11) is 0. The highest BCUT2D eigenvalue weighted by Crippen LogP contribution is 2.34. The number of hydrogen-bond acceptors (Lipinski definition) is 3. The van der Waals surface area contributed by atoms with Crippen molar-refractivity contribution in [2.24, 2.45) is 0 Å². The van der Waals surface area contributed by atoms with E-state index in [1.165, 1.54) is 17.4 Å². The Labute approximate surface area is 130 Å². The molecule has 0 aliphatic rings. The molecule has 1 aromatic heterocycles. The molecule has 3 aromatic rings. The summed E-state index contributed by atoms with van der Waals surface area (Å²) >= 11 is 4.65. The number of hydrogen-bond donors (Lipinski definition) is 1. The Morgan fingerprint density at radius 2 is 1.76 bits per heavy atom. The molecular formula is C14H8BrF3N2S. The van der Waals surface area contributed by atoms with Gasteiger partial charge in [0.1, 0.15) is 0 Å². The van der Waals surface area contributed by atoms with Crippen LogP contribution in [0.4, 0.5) is 24.0 Å². The van der Waals surface area contributed by atoms with E-state index in [1.807, 2.05) is 24.3 Å². The smallest absolute Gasteiger partial charge is 0.332 e. The van der Waals surface area contributed by atoms with Crippen LogP contribution < -0.4 is 5.32 Å². The van der Waals surface area contributed by atoms with Gasteiger partial charge in [-0.25, -0.2) is 4.98 Å². The van der Waals surface area contributed by atoms with Crippen LogP contribution in [0.3, 0.4) is 0 Å². The summed E-state index contributed by atoms with van der Waals surface area (Å²) in [5, 5.41) is 3.65. The molecule has 0 radical (unpaired) electrons. The van der Waals surface area contributed by atoms with Crippen LogP contribution in [0.5, 0.6) is 0 Å². The molecule has 0 amide bonds. The van der Waals surface area contributed by atoms with Gasteiger partial charge in [-0.1, -0.05) is 27.3 Å². The van der Waals surface area contributed by atoms with E-state index < -0.39 is 11.7 Å². The number of anilines is 2. The van der Waals surface area contributed by atoms with Gasteiger partial charge in [-0.15, -0.1) is 0 Å². The van der Waals surface area contributed by atoms with Gasteiger partial charge < -0.3 is 5.32 Å². The standard InChI is InChI=1S/C14H8BrF3N2S/c15-9-2-4-10(5-3-9)19-13-20-11-7-8(14(16,17)18)1-6-12(11)21-13/h1-7H,(H,19,20). The van der Waals surface area contributed by atoms with Crippen LogP contribution in [0.15, 0.2) is 46.9 Å². The third kappa shape index (κ3) is 3.19. The largest absolute Gasteiger partial charge is 0.416 e. The maximum Gasteiger partial charge on any atom is 0.416 e. The topological polar surface area (TPSA) is 24.9 Å².